The third-order valence-electron chi connectivity index (χ3n) is 2.59. The van der Waals surface area contributed by atoms with Gasteiger partial charge in [0.2, 0.25) is 5.78 Å². The number of alkyl halides is 6. The molecule has 0 N–H and O–H groups in total. The highest BCUT2D eigenvalue weighted by atomic mass is 32.2. The molecule has 0 saturated carbocycles. The van der Waals surface area contributed by atoms with E-state index in [4.69, 9.17) is 0 Å². The third kappa shape index (κ3) is 5.85. The molecule has 0 atom stereocenters. The van der Waals surface area contributed by atoms with Gasteiger partial charge in [0.15, 0.2) is 5.78 Å². The van der Waals surface area contributed by atoms with Gasteiger partial charge in [0.1, 0.15) is 5.82 Å². The molecule has 0 aromatic heterocycles. The first-order valence-corrected chi connectivity index (χ1v) is 6.92. The van der Waals surface area contributed by atoms with E-state index in [0.717, 1.165) is 12.1 Å². The van der Waals surface area contributed by atoms with E-state index in [1.54, 1.807) is 0 Å². The minimum Gasteiger partial charge on any atom is -0.294 e. The van der Waals surface area contributed by atoms with Crippen molar-refractivity contribution < 1.29 is 40.3 Å². The Labute approximate surface area is 130 Å². The van der Waals surface area contributed by atoms with Crippen molar-refractivity contribution in [3.8, 4) is 0 Å². The monoisotopic (exact) mass is 362 g/mol. The quantitative estimate of drug-likeness (QED) is 0.335. The van der Waals surface area contributed by atoms with E-state index in [2.05, 4.69) is 0 Å². The zero-order valence-electron chi connectivity index (χ0n) is 11.4. The summed E-state index contributed by atoms with van der Waals surface area (Å²) < 4.78 is 86.5. The molecule has 0 unspecified atom stereocenters. The van der Waals surface area contributed by atoms with Crippen LogP contribution in [0.2, 0.25) is 0 Å². The van der Waals surface area contributed by atoms with Gasteiger partial charge in [-0.25, -0.2) is 4.39 Å². The fourth-order valence-electron chi connectivity index (χ4n) is 1.52. The van der Waals surface area contributed by atoms with Gasteiger partial charge in [-0.15, -0.1) is 11.8 Å². The number of hydrogen-bond donors (Lipinski definition) is 0. The van der Waals surface area contributed by atoms with Gasteiger partial charge in [0, 0.05) is 4.90 Å². The molecule has 0 radical (unpaired) electrons. The molecule has 2 nitrogen and oxygen atoms in total. The normalized spacial score (nSPS) is 12.3. The minimum atomic E-state index is -5.25. The summed E-state index contributed by atoms with van der Waals surface area (Å²) in [6.45, 7) is 1.29. The number of hydrogen-bond acceptors (Lipinski definition) is 3. The van der Waals surface area contributed by atoms with Crippen molar-refractivity contribution in [1.29, 1.82) is 0 Å². The van der Waals surface area contributed by atoms with Crippen LogP contribution in [0.1, 0.15) is 22.3 Å². The highest BCUT2D eigenvalue weighted by Gasteiger charge is 2.39. The van der Waals surface area contributed by atoms with E-state index in [1.807, 2.05) is 0 Å². The van der Waals surface area contributed by atoms with Gasteiger partial charge in [-0.2, -0.15) is 26.3 Å². The van der Waals surface area contributed by atoms with Gasteiger partial charge in [-0.05, 0) is 24.6 Å². The largest absolute Gasteiger partial charge is 0.450 e. The standard InChI is InChI=1S/C13H9F7O2S/c1-6-2-8(14)7(3-10(6)23-5-12(15,16)17)9(21)4-11(22)13(18,19)20/h2-3H,4-5H2,1H3. The lowest BCUT2D eigenvalue weighted by atomic mass is 10.0. The topological polar surface area (TPSA) is 34.1 Å². The second kappa shape index (κ2) is 6.90. The molecule has 0 bridgehead atoms. The van der Waals surface area contributed by atoms with Crippen LogP contribution < -0.4 is 0 Å². The Morgan fingerprint density at radius 2 is 1.65 bits per heavy atom. The van der Waals surface area contributed by atoms with Crippen molar-refractivity contribution in [3.63, 3.8) is 0 Å². The molecule has 0 aliphatic rings. The average molecular weight is 362 g/mol. The average Bonchev–Trinajstić information content (AvgIpc) is 2.35. The number of thioether (sulfide) groups is 1. The molecule has 128 valence electrons. The number of benzene rings is 1. The Hall–Kier alpha value is -1.58. The Kier molecular flexibility index (Phi) is 5.84. The number of carbonyl (C=O) groups is 2. The lowest BCUT2D eigenvalue weighted by Crippen LogP contribution is -2.25. The molecule has 0 amide bonds. The predicted octanol–water partition coefficient (Wildman–Crippen LogP) is 4.49. The van der Waals surface area contributed by atoms with Gasteiger partial charge in [0.05, 0.1) is 17.7 Å². The Morgan fingerprint density at radius 1 is 1.09 bits per heavy atom. The van der Waals surface area contributed by atoms with Crippen LogP contribution in [-0.4, -0.2) is 29.7 Å². The van der Waals surface area contributed by atoms with E-state index in [9.17, 15) is 40.3 Å². The van der Waals surface area contributed by atoms with E-state index in [0.29, 0.717) is 0 Å². The lowest BCUT2D eigenvalue weighted by Gasteiger charge is -2.11. The van der Waals surface area contributed by atoms with Crippen LogP contribution in [0.4, 0.5) is 30.7 Å². The molecule has 1 aromatic rings. The lowest BCUT2D eigenvalue weighted by molar-refractivity contribution is -0.170. The molecule has 10 heteroatoms. The summed E-state index contributed by atoms with van der Waals surface area (Å²) in [5.74, 6) is -6.31. The second-order valence-electron chi connectivity index (χ2n) is 4.52. The summed E-state index contributed by atoms with van der Waals surface area (Å²) in [4.78, 5) is 22.2. The molecule has 1 aromatic carbocycles. The van der Waals surface area contributed by atoms with Gasteiger partial charge >= 0.3 is 12.4 Å². The molecule has 0 fully saturated rings. The van der Waals surface area contributed by atoms with E-state index >= 15 is 0 Å². The van der Waals surface area contributed by atoms with Crippen molar-refractivity contribution in [1.82, 2.24) is 0 Å². The van der Waals surface area contributed by atoms with Gasteiger partial charge in [-0.3, -0.25) is 9.59 Å². The summed E-state index contributed by atoms with van der Waals surface area (Å²) in [7, 11) is 0. The Morgan fingerprint density at radius 3 is 2.13 bits per heavy atom. The number of ketones is 2. The first-order chi connectivity index (χ1) is 10.3. The van der Waals surface area contributed by atoms with Gasteiger partial charge in [0.25, 0.3) is 0 Å². The maximum Gasteiger partial charge on any atom is 0.450 e. The van der Waals surface area contributed by atoms with Crippen LogP contribution in [0.3, 0.4) is 0 Å². The maximum absolute atomic E-state index is 13.7. The molecular weight excluding hydrogens is 353 g/mol. The zero-order valence-corrected chi connectivity index (χ0v) is 12.3. The molecule has 0 saturated heterocycles. The summed E-state index contributed by atoms with van der Waals surface area (Å²) in [5, 5.41) is 0. The van der Waals surface area contributed by atoms with Crippen molar-refractivity contribution in [3.05, 3.63) is 29.1 Å². The molecule has 0 aliphatic carbocycles. The number of halogens is 7. The fourth-order valence-corrected chi connectivity index (χ4v) is 2.33. The Bertz CT molecular complexity index is 620. The molecule has 1 rings (SSSR count). The Balaban J connectivity index is 3.03. The SMILES string of the molecule is Cc1cc(F)c(C(=O)CC(=O)C(F)(F)F)cc1SCC(F)(F)F. The van der Waals surface area contributed by atoms with Crippen LogP contribution in [0, 0.1) is 12.7 Å². The van der Waals surface area contributed by atoms with Crippen molar-refractivity contribution in [2.75, 3.05) is 5.75 Å². The molecule has 0 heterocycles. The van der Waals surface area contributed by atoms with Gasteiger partial charge in [-0.1, -0.05) is 0 Å². The third-order valence-corrected chi connectivity index (χ3v) is 3.82. The first kappa shape index (κ1) is 19.5. The molecule has 0 aliphatic heterocycles. The smallest absolute Gasteiger partial charge is 0.294 e. The molecule has 23 heavy (non-hydrogen) atoms. The van der Waals surface area contributed by atoms with Crippen LogP contribution in [0.15, 0.2) is 17.0 Å². The van der Waals surface area contributed by atoms with E-state index < -0.39 is 47.5 Å². The maximum atomic E-state index is 13.7. The van der Waals surface area contributed by atoms with E-state index in [-0.39, 0.29) is 22.2 Å². The van der Waals surface area contributed by atoms with Crippen molar-refractivity contribution >= 4 is 23.3 Å². The van der Waals surface area contributed by atoms with Crippen molar-refractivity contribution in [2.24, 2.45) is 0 Å². The number of Topliss-reactive ketones (excluding diaryl/α,β-unsaturated/α-hetero) is 2. The van der Waals surface area contributed by atoms with E-state index in [1.165, 1.54) is 6.92 Å². The number of carbonyl (C=O) groups excluding carboxylic acids is 2. The zero-order chi connectivity index (χ0) is 18.0. The van der Waals surface area contributed by atoms with Gasteiger partial charge < -0.3 is 0 Å². The second-order valence-corrected chi connectivity index (χ2v) is 5.54. The van der Waals surface area contributed by atoms with Crippen LogP contribution in [0.5, 0.6) is 0 Å². The van der Waals surface area contributed by atoms with Crippen molar-refractivity contribution in [2.45, 2.75) is 30.6 Å². The first-order valence-electron chi connectivity index (χ1n) is 5.94. The summed E-state index contributed by atoms with van der Waals surface area (Å²) in [6, 6.07) is 1.47. The van der Waals surface area contributed by atoms with Crippen LogP contribution >= 0.6 is 11.8 Å². The number of rotatable bonds is 5. The molecule has 0 spiro atoms. The van der Waals surface area contributed by atoms with Crippen LogP contribution in [-0.2, 0) is 4.79 Å². The predicted molar refractivity (Wildman–Crippen MR) is 67.9 cm³/mol. The summed E-state index contributed by atoms with van der Waals surface area (Å²) >= 11 is 0.268. The minimum absolute atomic E-state index is 0.0930. The van der Waals surface area contributed by atoms with Crippen LogP contribution in [0.25, 0.3) is 0 Å². The summed E-state index contributed by atoms with van der Waals surface area (Å²) in [5.41, 5.74) is -0.756. The highest BCUT2D eigenvalue weighted by molar-refractivity contribution is 7.99. The summed E-state index contributed by atoms with van der Waals surface area (Å²) in [6.07, 6.45) is -11.4. The fraction of sp³-hybridized carbons (Fsp3) is 0.385. The molecular formula is C13H9F7O2S. The highest BCUT2D eigenvalue weighted by Crippen LogP contribution is 2.31. The number of aryl methyl sites for hydroxylation is 1.